The molecule has 21 heavy (non-hydrogen) atoms. The van der Waals surface area contributed by atoms with Crippen molar-refractivity contribution >= 4 is 5.91 Å². The molecular weight excluding hydrogens is 268 g/mol. The Morgan fingerprint density at radius 1 is 1.24 bits per heavy atom. The molecule has 4 unspecified atom stereocenters. The van der Waals surface area contributed by atoms with Crippen LogP contribution in [-0.2, 0) is 14.3 Å². The lowest BCUT2D eigenvalue weighted by atomic mass is 9.46. The second-order valence-electron chi connectivity index (χ2n) is 7.45. The molecule has 3 fully saturated rings. The third-order valence-corrected chi connectivity index (χ3v) is 5.89. The zero-order valence-electron chi connectivity index (χ0n) is 13.4. The molecule has 4 atom stereocenters. The molecule has 5 heteroatoms. The second-order valence-corrected chi connectivity index (χ2v) is 7.45. The van der Waals surface area contributed by atoms with Gasteiger partial charge in [0.25, 0.3) is 0 Å². The van der Waals surface area contributed by atoms with Crippen molar-refractivity contribution in [3.63, 3.8) is 0 Å². The van der Waals surface area contributed by atoms with Gasteiger partial charge in [-0.05, 0) is 25.7 Å². The Bertz CT molecular complexity index is 420. The maximum absolute atomic E-state index is 13.0. The van der Waals surface area contributed by atoms with Crippen molar-refractivity contribution in [2.45, 2.75) is 57.3 Å². The maximum atomic E-state index is 13.0. The standard InChI is InChI=1S/C16H28N2O3/c1-15(2)13-12(7-5-9-21-13)16(15,17)14(19)18(3)10-11-6-4-8-20-11/h11-13H,4-10,17H2,1-3H3. The summed E-state index contributed by atoms with van der Waals surface area (Å²) in [7, 11) is 1.85. The number of likely N-dealkylation sites (N-methyl/N-ethyl adjacent to an activating group) is 1. The van der Waals surface area contributed by atoms with Crippen LogP contribution in [0.1, 0.15) is 39.5 Å². The average molecular weight is 296 g/mol. The summed E-state index contributed by atoms with van der Waals surface area (Å²) < 4.78 is 11.5. The van der Waals surface area contributed by atoms with E-state index in [4.69, 9.17) is 15.2 Å². The first-order valence-corrected chi connectivity index (χ1v) is 8.16. The predicted octanol–water partition coefficient (Wildman–Crippen LogP) is 1.16. The smallest absolute Gasteiger partial charge is 0.243 e. The minimum atomic E-state index is -0.800. The highest BCUT2D eigenvalue weighted by molar-refractivity contribution is 5.89. The number of amides is 1. The number of ether oxygens (including phenoxy) is 2. The molecule has 2 heterocycles. The molecule has 1 aliphatic carbocycles. The molecular formula is C16H28N2O3. The first kappa shape index (κ1) is 15.3. The molecule has 5 nitrogen and oxygen atoms in total. The van der Waals surface area contributed by atoms with Gasteiger partial charge in [0.1, 0.15) is 5.54 Å². The summed E-state index contributed by atoms with van der Waals surface area (Å²) in [6, 6.07) is 0. The van der Waals surface area contributed by atoms with Gasteiger partial charge in [-0.2, -0.15) is 0 Å². The molecule has 2 aliphatic heterocycles. The zero-order valence-corrected chi connectivity index (χ0v) is 13.4. The van der Waals surface area contributed by atoms with E-state index in [9.17, 15) is 4.79 Å². The molecule has 1 saturated carbocycles. The fraction of sp³-hybridized carbons (Fsp3) is 0.938. The molecule has 0 spiro atoms. The van der Waals surface area contributed by atoms with Gasteiger partial charge in [-0.1, -0.05) is 13.8 Å². The number of fused-ring (bicyclic) bond motifs is 1. The van der Waals surface area contributed by atoms with Gasteiger partial charge in [-0.25, -0.2) is 0 Å². The fourth-order valence-corrected chi connectivity index (χ4v) is 4.50. The zero-order chi connectivity index (χ0) is 15.3. The molecule has 0 aromatic rings. The van der Waals surface area contributed by atoms with E-state index in [-0.39, 0.29) is 29.4 Å². The van der Waals surface area contributed by atoms with Gasteiger partial charge in [0.05, 0.1) is 12.2 Å². The maximum Gasteiger partial charge on any atom is 0.243 e. The number of hydrogen-bond acceptors (Lipinski definition) is 4. The van der Waals surface area contributed by atoms with Crippen molar-refractivity contribution in [3.8, 4) is 0 Å². The van der Waals surface area contributed by atoms with E-state index in [1.165, 1.54) is 0 Å². The first-order chi connectivity index (χ1) is 9.89. The van der Waals surface area contributed by atoms with Crippen molar-refractivity contribution in [1.29, 1.82) is 0 Å². The monoisotopic (exact) mass is 296 g/mol. The third kappa shape index (κ3) is 2.13. The lowest BCUT2D eigenvalue weighted by Crippen LogP contribution is -2.82. The number of nitrogens with zero attached hydrogens (tertiary/aromatic N) is 1. The Hall–Kier alpha value is -0.650. The first-order valence-electron chi connectivity index (χ1n) is 8.16. The summed E-state index contributed by atoms with van der Waals surface area (Å²) in [5.41, 5.74) is 5.54. The predicted molar refractivity (Wildman–Crippen MR) is 79.8 cm³/mol. The number of carbonyl (C=O) groups excluding carboxylic acids is 1. The van der Waals surface area contributed by atoms with E-state index in [0.29, 0.717) is 6.54 Å². The Kier molecular flexibility index (Phi) is 3.79. The summed E-state index contributed by atoms with van der Waals surface area (Å²) in [5.74, 6) is 0.204. The summed E-state index contributed by atoms with van der Waals surface area (Å²) in [5, 5.41) is 0. The van der Waals surface area contributed by atoms with Crippen LogP contribution >= 0.6 is 0 Å². The van der Waals surface area contributed by atoms with Crippen LogP contribution in [0.15, 0.2) is 0 Å². The van der Waals surface area contributed by atoms with E-state index < -0.39 is 5.54 Å². The number of nitrogens with two attached hydrogens (primary N) is 1. The van der Waals surface area contributed by atoms with Crippen LogP contribution in [0, 0.1) is 11.3 Å². The molecule has 0 radical (unpaired) electrons. The molecule has 0 aromatic heterocycles. The van der Waals surface area contributed by atoms with Crippen LogP contribution < -0.4 is 5.73 Å². The third-order valence-electron chi connectivity index (χ3n) is 5.89. The molecule has 120 valence electrons. The van der Waals surface area contributed by atoms with Gasteiger partial charge in [-0.3, -0.25) is 4.79 Å². The van der Waals surface area contributed by atoms with Gasteiger partial charge in [-0.15, -0.1) is 0 Å². The SMILES string of the molecule is CN(CC1CCCO1)C(=O)C1(N)C2CCCOC2C1(C)C. The molecule has 2 N–H and O–H groups in total. The van der Waals surface area contributed by atoms with E-state index in [2.05, 4.69) is 13.8 Å². The molecule has 1 amide bonds. The Morgan fingerprint density at radius 2 is 1.90 bits per heavy atom. The van der Waals surface area contributed by atoms with Crippen molar-refractivity contribution in [3.05, 3.63) is 0 Å². The van der Waals surface area contributed by atoms with Crippen LogP contribution in [0.5, 0.6) is 0 Å². The van der Waals surface area contributed by atoms with E-state index >= 15 is 0 Å². The number of carbonyl (C=O) groups is 1. The number of hydrogen-bond donors (Lipinski definition) is 1. The average Bonchev–Trinajstić information content (AvgIpc) is 2.98. The van der Waals surface area contributed by atoms with E-state index in [1.807, 2.05) is 7.05 Å². The van der Waals surface area contributed by atoms with Gasteiger partial charge in [0.15, 0.2) is 0 Å². The van der Waals surface area contributed by atoms with Crippen LogP contribution in [0.2, 0.25) is 0 Å². The van der Waals surface area contributed by atoms with Crippen LogP contribution in [0.25, 0.3) is 0 Å². The Balaban J connectivity index is 1.72. The Labute approximate surface area is 127 Å². The van der Waals surface area contributed by atoms with Crippen molar-refractivity contribution in [2.24, 2.45) is 17.1 Å². The topological polar surface area (TPSA) is 64.8 Å². The minimum Gasteiger partial charge on any atom is -0.377 e. The second kappa shape index (κ2) is 5.21. The van der Waals surface area contributed by atoms with Crippen LogP contribution in [-0.4, -0.2) is 55.4 Å². The van der Waals surface area contributed by atoms with Crippen LogP contribution in [0.4, 0.5) is 0 Å². The number of rotatable bonds is 3. The highest BCUT2D eigenvalue weighted by Crippen LogP contribution is 2.57. The molecule has 3 aliphatic rings. The molecule has 2 saturated heterocycles. The molecule has 0 aromatic carbocycles. The summed E-state index contributed by atoms with van der Waals surface area (Å²) >= 11 is 0. The summed E-state index contributed by atoms with van der Waals surface area (Å²) in [6.45, 7) is 6.38. The normalized spacial score (nSPS) is 41.2. The van der Waals surface area contributed by atoms with Crippen molar-refractivity contribution in [2.75, 3.05) is 26.8 Å². The van der Waals surface area contributed by atoms with Gasteiger partial charge < -0.3 is 20.1 Å². The van der Waals surface area contributed by atoms with Gasteiger partial charge >= 0.3 is 0 Å². The van der Waals surface area contributed by atoms with Gasteiger partial charge in [0.2, 0.25) is 5.91 Å². The lowest BCUT2D eigenvalue weighted by Gasteiger charge is -2.65. The fourth-order valence-electron chi connectivity index (χ4n) is 4.50. The van der Waals surface area contributed by atoms with Crippen molar-refractivity contribution in [1.82, 2.24) is 4.90 Å². The van der Waals surface area contributed by atoms with E-state index in [1.54, 1.807) is 4.90 Å². The highest BCUT2D eigenvalue weighted by atomic mass is 16.5. The lowest BCUT2D eigenvalue weighted by molar-refractivity contribution is -0.229. The van der Waals surface area contributed by atoms with Crippen molar-refractivity contribution < 1.29 is 14.3 Å². The van der Waals surface area contributed by atoms with Crippen LogP contribution in [0.3, 0.4) is 0 Å². The quantitative estimate of drug-likeness (QED) is 0.848. The molecule has 0 bridgehead atoms. The Morgan fingerprint density at radius 3 is 2.57 bits per heavy atom. The van der Waals surface area contributed by atoms with E-state index in [0.717, 1.165) is 38.9 Å². The summed E-state index contributed by atoms with van der Waals surface area (Å²) in [4.78, 5) is 14.8. The minimum absolute atomic E-state index is 0.0507. The largest absolute Gasteiger partial charge is 0.377 e. The summed E-state index contributed by atoms with van der Waals surface area (Å²) in [6.07, 6.45) is 4.40. The van der Waals surface area contributed by atoms with Gasteiger partial charge in [0, 0.05) is 38.1 Å². The highest BCUT2D eigenvalue weighted by Gasteiger charge is 2.70. The molecule has 3 rings (SSSR count).